The summed E-state index contributed by atoms with van der Waals surface area (Å²) in [5.74, 6) is 2.04. The molecule has 0 amide bonds. The van der Waals surface area contributed by atoms with Crippen molar-refractivity contribution < 1.29 is 0 Å². The maximum atomic E-state index is 6.23. The molecule has 0 bridgehead atoms. The van der Waals surface area contributed by atoms with Crippen molar-refractivity contribution in [2.45, 2.75) is 38.5 Å². The van der Waals surface area contributed by atoms with Gasteiger partial charge in [0.2, 0.25) is 0 Å². The van der Waals surface area contributed by atoms with Crippen LogP contribution in [-0.4, -0.2) is 9.38 Å². The molecule has 2 N–H and O–H groups in total. The van der Waals surface area contributed by atoms with Crippen LogP contribution in [-0.2, 0) is 0 Å². The lowest BCUT2D eigenvalue weighted by Crippen LogP contribution is -2.13. The minimum absolute atomic E-state index is 0.507. The summed E-state index contributed by atoms with van der Waals surface area (Å²) in [5.41, 5.74) is 8.18. The van der Waals surface area contributed by atoms with Gasteiger partial charge in [-0.05, 0) is 30.9 Å². The molecule has 0 spiro atoms. The fourth-order valence-corrected chi connectivity index (χ4v) is 3.20. The molecular formula is C14H18ClN3. The van der Waals surface area contributed by atoms with Crippen LogP contribution in [0.1, 0.15) is 44.2 Å². The summed E-state index contributed by atoms with van der Waals surface area (Å²) < 4.78 is 1.90. The number of halogens is 1. The number of imidazole rings is 1. The number of hydrogen-bond donors (Lipinski definition) is 1. The van der Waals surface area contributed by atoms with Crippen molar-refractivity contribution in [2.24, 2.45) is 5.92 Å². The molecule has 0 radical (unpaired) electrons. The van der Waals surface area contributed by atoms with Gasteiger partial charge in [-0.2, -0.15) is 0 Å². The molecule has 18 heavy (non-hydrogen) atoms. The molecule has 1 aliphatic rings. The Morgan fingerprint density at radius 2 is 2.22 bits per heavy atom. The molecule has 4 heteroatoms. The fraction of sp³-hybridized carbons (Fsp3) is 0.500. The zero-order chi connectivity index (χ0) is 12.7. The number of nitrogens with two attached hydrogens (primary N) is 1. The first kappa shape index (κ1) is 11.8. The second-order valence-corrected chi connectivity index (χ2v) is 5.86. The number of pyridine rings is 1. The summed E-state index contributed by atoms with van der Waals surface area (Å²) in [7, 11) is 0. The average Bonchev–Trinajstić information content (AvgIpc) is 2.67. The van der Waals surface area contributed by atoms with Crippen molar-refractivity contribution in [3.05, 3.63) is 29.0 Å². The van der Waals surface area contributed by atoms with E-state index in [1.165, 1.54) is 25.7 Å². The van der Waals surface area contributed by atoms with Gasteiger partial charge in [-0.3, -0.25) is 4.40 Å². The third-order valence-electron chi connectivity index (χ3n) is 3.97. The van der Waals surface area contributed by atoms with E-state index in [-0.39, 0.29) is 0 Å². The maximum absolute atomic E-state index is 6.23. The van der Waals surface area contributed by atoms with Gasteiger partial charge in [0.15, 0.2) is 0 Å². The Morgan fingerprint density at radius 3 is 3.00 bits per heavy atom. The van der Waals surface area contributed by atoms with E-state index in [9.17, 15) is 0 Å². The zero-order valence-corrected chi connectivity index (χ0v) is 11.3. The summed E-state index contributed by atoms with van der Waals surface area (Å²) >= 11 is 6.00. The van der Waals surface area contributed by atoms with Gasteiger partial charge in [0.1, 0.15) is 11.5 Å². The van der Waals surface area contributed by atoms with E-state index in [1.54, 1.807) is 0 Å². The lowest BCUT2D eigenvalue weighted by molar-refractivity contribution is 0.341. The maximum Gasteiger partial charge on any atom is 0.138 e. The van der Waals surface area contributed by atoms with Crippen LogP contribution in [0.25, 0.3) is 5.65 Å². The normalized spacial score (nSPS) is 24.6. The van der Waals surface area contributed by atoms with Crippen LogP contribution in [0.5, 0.6) is 0 Å². The molecule has 3 nitrogen and oxygen atoms in total. The van der Waals surface area contributed by atoms with Crippen LogP contribution in [0.15, 0.2) is 18.3 Å². The first-order chi connectivity index (χ1) is 8.65. The lowest BCUT2D eigenvalue weighted by atomic mass is 9.81. The second kappa shape index (κ2) is 4.47. The zero-order valence-electron chi connectivity index (χ0n) is 10.6. The van der Waals surface area contributed by atoms with E-state index in [1.807, 2.05) is 22.7 Å². The quantitative estimate of drug-likeness (QED) is 0.849. The molecule has 0 aliphatic heterocycles. The molecule has 0 saturated heterocycles. The molecule has 2 unspecified atom stereocenters. The first-order valence-electron chi connectivity index (χ1n) is 6.58. The molecule has 1 saturated carbocycles. The van der Waals surface area contributed by atoms with E-state index < -0.39 is 0 Å². The van der Waals surface area contributed by atoms with E-state index in [4.69, 9.17) is 22.3 Å². The van der Waals surface area contributed by atoms with Gasteiger partial charge in [0.25, 0.3) is 0 Å². The van der Waals surface area contributed by atoms with Crippen LogP contribution < -0.4 is 5.73 Å². The lowest BCUT2D eigenvalue weighted by Gasteiger charge is -2.25. The Hall–Kier alpha value is -1.22. The molecule has 2 aromatic heterocycles. The largest absolute Gasteiger partial charge is 0.383 e. The monoisotopic (exact) mass is 263 g/mol. The summed E-state index contributed by atoms with van der Waals surface area (Å²) in [6, 6.07) is 3.78. The Balaban J connectivity index is 2.04. The third-order valence-corrected chi connectivity index (χ3v) is 4.19. The molecule has 0 aromatic carbocycles. The minimum Gasteiger partial charge on any atom is -0.383 e. The van der Waals surface area contributed by atoms with Crippen molar-refractivity contribution in [1.29, 1.82) is 0 Å². The van der Waals surface area contributed by atoms with Crippen molar-refractivity contribution in [3.8, 4) is 0 Å². The van der Waals surface area contributed by atoms with E-state index in [0.717, 1.165) is 23.1 Å². The third kappa shape index (κ3) is 1.97. The number of rotatable bonds is 1. The molecular weight excluding hydrogens is 246 g/mol. The molecule has 2 heterocycles. The highest BCUT2D eigenvalue weighted by molar-refractivity contribution is 6.30. The predicted octanol–water partition coefficient (Wildman–Crippen LogP) is 3.86. The minimum atomic E-state index is 0.507. The molecule has 1 fully saturated rings. The molecule has 3 rings (SSSR count). The van der Waals surface area contributed by atoms with Crippen LogP contribution in [0.4, 0.5) is 5.82 Å². The number of aromatic nitrogens is 2. The molecule has 96 valence electrons. The Kier molecular flexibility index (Phi) is 2.94. The SMILES string of the molecule is CC1CCCC(c2nc3ccc(Cl)cn3c2N)C1. The summed E-state index contributed by atoms with van der Waals surface area (Å²) in [6.45, 7) is 2.31. The van der Waals surface area contributed by atoms with E-state index >= 15 is 0 Å². The van der Waals surface area contributed by atoms with Crippen LogP contribution in [0.3, 0.4) is 0 Å². The molecule has 2 atom stereocenters. The van der Waals surface area contributed by atoms with Crippen LogP contribution in [0, 0.1) is 5.92 Å². The highest BCUT2D eigenvalue weighted by Crippen LogP contribution is 2.38. The number of fused-ring (bicyclic) bond motifs is 1. The van der Waals surface area contributed by atoms with Gasteiger partial charge in [-0.25, -0.2) is 4.98 Å². The molecule has 2 aromatic rings. The van der Waals surface area contributed by atoms with Gasteiger partial charge >= 0.3 is 0 Å². The smallest absolute Gasteiger partial charge is 0.138 e. The van der Waals surface area contributed by atoms with Gasteiger partial charge in [-0.1, -0.05) is 31.4 Å². The van der Waals surface area contributed by atoms with Crippen LogP contribution in [0.2, 0.25) is 5.02 Å². The number of nitrogen functional groups attached to an aromatic ring is 1. The standard InChI is InChI=1S/C14H18ClN3/c1-9-3-2-4-10(7-9)13-14(16)18-8-11(15)5-6-12(18)17-13/h5-6,8-10H,2-4,7,16H2,1H3. The number of nitrogens with zero attached hydrogens (tertiary/aromatic N) is 2. The number of anilines is 1. The predicted molar refractivity (Wildman–Crippen MR) is 75.0 cm³/mol. The highest BCUT2D eigenvalue weighted by Gasteiger charge is 2.25. The Morgan fingerprint density at radius 1 is 1.39 bits per heavy atom. The summed E-state index contributed by atoms with van der Waals surface area (Å²) in [4.78, 5) is 4.69. The van der Waals surface area contributed by atoms with Crippen molar-refractivity contribution in [3.63, 3.8) is 0 Å². The van der Waals surface area contributed by atoms with E-state index in [2.05, 4.69) is 6.92 Å². The van der Waals surface area contributed by atoms with Crippen LogP contribution >= 0.6 is 11.6 Å². The van der Waals surface area contributed by atoms with Gasteiger partial charge in [-0.15, -0.1) is 0 Å². The second-order valence-electron chi connectivity index (χ2n) is 5.43. The summed E-state index contributed by atoms with van der Waals surface area (Å²) in [6.07, 6.45) is 6.85. The highest BCUT2D eigenvalue weighted by atomic mass is 35.5. The average molecular weight is 264 g/mol. The summed E-state index contributed by atoms with van der Waals surface area (Å²) in [5, 5.41) is 0.690. The van der Waals surface area contributed by atoms with Crippen molar-refractivity contribution >= 4 is 23.1 Å². The van der Waals surface area contributed by atoms with E-state index in [0.29, 0.717) is 10.9 Å². The van der Waals surface area contributed by atoms with Gasteiger partial charge < -0.3 is 5.73 Å². The van der Waals surface area contributed by atoms with Gasteiger partial charge in [0.05, 0.1) is 10.7 Å². The Labute approximate surface area is 112 Å². The first-order valence-corrected chi connectivity index (χ1v) is 6.96. The van der Waals surface area contributed by atoms with Crippen molar-refractivity contribution in [1.82, 2.24) is 9.38 Å². The van der Waals surface area contributed by atoms with Crippen molar-refractivity contribution in [2.75, 3.05) is 5.73 Å². The topological polar surface area (TPSA) is 43.3 Å². The number of hydrogen-bond acceptors (Lipinski definition) is 2. The molecule has 1 aliphatic carbocycles. The fourth-order valence-electron chi connectivity index (χ4n) is 3.04. The van der Waals surface area contributed by atoms with Gasteiger partial charge in [0, 0.05) is 12.1 Å². The Bertz CT molecular complexity index is 576.